The molecule has 4 heteroatoms. The van der Waals surface area contributed by atoms with E-state index >= 15 is 0 Å². The van der Waals surface area contributed by atoms with Crippen LogP contribution in [0.5, 0.6) is 0 Å². The molecular weight excluding hydrogens is 264 g/mol. The Labute approximate surface area is 127 Å². The van der Waals surface area contributed by atoms with E-state index in [1.54, 1.807) is 7.05 Å². The van der Waals surface area contributed by atoms with Gasteiger partial charge < -0.3 is 15.3 Å². The van der Waals surface area contributed by atoms with Crippen LogP contribution in [0.2, 0.25) is 0 Å². The quantitative estimate of drug-likeness (QED) is 0.874. The molecule has 0 radical (unpaired) electrons. The van der Waals surface area contributed by atoms with Crippen LogP contribution in [-0.4, -0.2) is 42.7 Å². The predicted octanol–water partition coefficient (Wildman–Crippen LogP) is 2.31. The summed E-state index contributed by atoms with van der Waals surface area (Å²) in [5, 5.41) is 12.9. The van der Waals surface area contributed by atoms with Crippen LogP contribution in [0.25, 0.3) is 0 Å². The maximum absolute atomic E-state index is 12.0. The lowest BCUT2D eigenvalue weighted by Gasteiger charge is -2.42. The number of benzene rings is 1. The first kappa shape index (κ1) is 16.0. The van der Waals surface area contributed by atoms with Crippen molar-refractivity contribution in [3.8, 4) is 0 Å². The van der Waals surface area contributed by atoms with Gasteiger partial charge in [-0.15, -0.1) is 0 Å². The third-order valence-corrected chi connectivity index (χ3v) is 4.50. The Morgan fingerprint density at radius 1 is 1.38 bits per heavy atom. The average Bonchev–Trinajstić information content (AvgIpc) is 2.44. The van der Waals surface area contributed by atoms with Crippen LogP contribution >= 0.6 is 0 Å². The summed E-state index contributed by atoms with van der Waals surface area (Å²) in [5.41, 5.74) is 0.0186. The highest BCUT2D eigenvalue weighted by atomic mass is 16.4. The molecule has 116 valence electrons. The molecule has 1 atom stereocenters. The fraction of sp³-hybridized carbons (Fsp3) is 0.588. The summed E-state index contributed by atoms with van der Waals surface area (Å²) in [6, 6.07) is 9.48. The minimum absolute atomic E-state index is 0.257. The monoisotopic (exact) mass is 290 g/mol. The molecular formula is C17H26N2O2. The molecule has 0 spiro atoms. The van der Waals surface area contributed by atoms with Gasteiger partial charge in [0.2, 0.25) is 0 Å². The van der Waals surface area contributed by atoms with Crippen molar-refractivity contribution in [3.05, 3.63) is 35.9 Å². The van der Waals surface area contributed by atoms with Gasteiger partial charge in [-0.25, -0.2) is 4.79 Å². The SMILES string of the molecule is CNC(CN1CCCC(C)(C)C1)(C(=O)O)c1ccccc1. The van der Waals surface area contributed by atoms with Crippen molar-refractivity contribution in [1.82, 2.24) is 10.2 Å². The lowest BCUT2D eigenvalue weighted by atomic mass is 9.82. The van der Waals surface area contributed by atoms with Gasteiger partial charge in [0.25, 0.3) is 0 Å². The first-order chi connectivity index (χ1) is 9.89. The molecule has 4 nitrogen and oxygen atoms in total. The number of piperidine rings is 1. The van der Waals surface area contributed by atoms with Gasteiger partial charge in [-0.05, 0) is 37.4 Å². The highest BCUT2D eigenvalue weighted by Crippen LogP contribution is 2.31. The Morgan fingerprint density at radius 2 is 2.05 bits per heavy atom. The van der Waals surface area contributed by atoms with Crippen LogP contribution in [0.4, 0.5) is 0 Å². The van der Waals surface area contributed by atoms with Gasteiger partial charge in [-0.2, -0.15) is 0 Å². The molecule has 1 aromatic rings. The minimum Gasteiger partial charge on any atom is -0.480 e. The van der Waals surface area contributed by atoms with Gasteiger partial charge in [-0.3, -0.25) is 0 Å². The first-order valence-electron chi connectivity index (χ1n) is 7.60. The van der Waals surface area contributed by atoms with Crippen molar-refractivity contribution >= 4 is 5.97 Å². The standard InChI is InChI=1S/C17H26N2O2/c1-16(2)10-7-11-19(12-16)13-17(18-3,15(20)21)14-8-5-4-6-9-14/h4-6,8-9,18H,7,10-13H2,1-3H3,(H,20,21). The third kappa shape index (κ3) is 3.44. The molecule has 0 saturated carbocycles. The normalized spacial score (nSPS) is 21.7. The Morgan fingerprint density at radius 3 is 2.57 bits per heavy atom. The molecule has 1 unspecified atom stereocenters. The Hall–Kier alpha value is -1.39. The van der Waals surface area contributed by atoms with E-state index in [-0.39, 0.29) is 5.41 Å². The van der Waals surface area contributed by atoms with Crippen molar-refractivity contribution in [1.29, 1.82) is 0 Å². The summed E-state index contributed by atoms with van der Waals surface area (Å²) in [5.74, 6) is -0.820. The van der Waals surface area contributed by atoms with E-state index in [0.717, 1.165) is 25.1 Å². The van der Waals surface area contributed by atoms with Crippen LogP contribution in [0, 0.1) is 5.41 Å². The summed E-state index contributed by atoms with van der Waals surface area (Å²) in [7, 11) is 1.73. The fourth-order valence-corrected chi connectivity index (χ4v) is 3.35. The number of likely N-dealkylation sites (tertiary alicyclic amines) is 1. The lowest BCUT2D eigenvalue weighted by molar-refractivity contribution is -0.146. The summed E-state index contributed by atoms with van der Waals surface area (Å²) >= 11 is 0. The van der Waals surface area contributed by atoms with Crippen LogP contribution in [-0.2, 0) is 10.3 Å². The summed E-state index contributed by atoms with van der Waals surface area (Å²) in [6.07, 6.45) is 2.33. The second-order valence-corrected chi connectivity index (χ2v) is 6.80. The number of hydrogen-bond acceptors (Lipinski definition) is 3. The number of carboxylic acid groups (broad SMARTS) is 1. The van der Waals surface area contributed by atoms with Gasteiger partial charge in [-0.1, -0.05) is 44.2 Å². The molecule has 1 aliphatic rings. The van der Waals surface area contributed by atoms with E-state index in [4.69, 9.17) is 0 Å². The van der Waals surface area contributed by atoms with Crippen LogP contribution < -0.4 is 5.32 Å². The topological polar surface area (TPSA) is 52.6 Å². The van der Waals surface area contributed by atoms with E-state index < -0.39 is 11.5 Å². The molecule has 1 aromatic carbocycles. The summed E-state index contributed by atoms with van der Waals surface area (Å²) in [4.78, 5) is 14.3. The maximum Gasteiger partial charge on any atom is 0.329 e. The van der Waals surface area contributed by atoms with Crippen molar-refractivity contribution in [2.75, 3.05) is 26.7 Å². The van der Waals surface area contributed by atoms with Gasteiger partial charge in [0.05, 0.1) is 0 Å². The average molecular weight is 290 g/mol. The number of nitrogens with zero attached hydrogens (tertiary/aromatic N) is 1. The van der Waals surface area contributed by atoms with E-state index in [1.807, 2.05) is 30.3 Å². The molecule has 1 aliphatic heterocycles. The van der Waals surface area contributed by atoms with E-state index in [0.29, 0.717) is 6.54 Å². The first-order valence-corrected chi connectivity index (χ1v) is 7.60. The molecule has 1 fully saturated rings. The molecule has 2 rings (SSSR count). The fourth-order valence-electron chi connectivity index (χ4n) is 3.35. The minimum atomic E-state index is -1.05. The van der Waals surface area contributed by atoms with E-state index in [1.165, 1.54) is 6.42 Å². The van der Waals surface area contributed by atoms with E-state index in [2.05, 4.69) is 24.1 Å². The number of carboxylic acids is 1. The largest absolute Gasteiger partial charge is 0.480 e. The van der Waals surface area contributed by atoms with Crippen LogP contribution in [0.15, 0.2) is 30.3 Å². The van der Waals surface area contributed by atoms with Gasteiger partial charge in [0, 0.05) is 13.1 Å². The molecule has 1 heterocycles. The zero-order chi connectivity index (χ0) is 15.5. The van der Waals surface area contributed by atoms with Crippen molar-refractivity contribution in [2.24, 2.45) is 5.41 Å². The van der Waals surface area contributed by atoms with Crippen molar-refractivity contribution < 1.29 is 9.90 Å². The summed E-state index contributed by atoms with van der Waals surface area (Å²) < 4.78 is 0. The second kappa shape index (κ2) is 6.16. The van der Waals surface area contributed by atoms with Gasteiger partial charge >= 0.3 is 5.97 Å². The highest BCUT2D eigenvalue weighted by molar-refractivity contribution is 5.81. The predicted molar refractivity (Wildman–Crippen MR) is 84.3 cm³/mol. The summed E-state index contributed by atoms with van der Waals surface area (Å²) in [6.45, 7) is 6.91. The second-order valence-electron chi connectivity index (χ2n) is 6.80. The number of aliphatic carboxylic acids is 1. The maximum atomic E-state index is 12.0. The molecule has 21 heavy (non-hydrogen) atoms. The Bertz CT molecular complexity index is 487. The molecule has 1 saturated heterocycles. The van der Waals surface area contributed by atoms with Gasteiger partial charge in [0.15, 0.2) is 5.54 Å². The Balaban J connectivity index is 2.27. The zero-order valence-electron chi connectivity index (χ0n) is 13.2. The Kier molecular flexibility index (Phi) is 4.69. The van der Waals surface area contributed by atoms with Crippen LogP contribution in [0.3, 0.4) is 0 Å². The number of carbonyl (C=O) groups is 1. The van der Waals surface area contributed by atoms with Gasteiger partial charge in [0.1, 0.15) is 0 Å². The number of rotatable bonds is 5. The molecule has 0 amide bonds. The number of likely N-dealkylation sites (N-methyl/N-ethyl adjacent to an activating group) is 1. The molecule has 0 bridgehead atoms. The number of hydrogen-bond donors (Lipinski definition) is 2. The smallest absolute Gasteiger partial charge is 0.329 e. The van der Waals surface area contributed by atoms with E-state index in [9.17, 15) is 9.90 Å². The van der Waals surface area contributed by atoms with Crippen LogP contribution in [0.1, 0.15) is 32.3 Å². The van der Waals surface area contributed by atoms with Crippen molar-refractivity contribution in [2.45, 2.75) is 32.2 Å². The number of nitrogens with one attached hydrogen (secondary N) is 1. The third-order valence-electron chi connectivity index (χ3n) is 4.50. The molecule has 2 N–H and O–H groups in total. The highest BCUT2D eigenvalue weighted by Gasteiger charge is 2.42. The lowest BCUT2D eigenvalue weighted by Crippen LogP contribution is -2.57. The molecule has 0 aromatic heterocycles. The van der Waals surface area contributed by atoms with Crippen molar-refractivity contribution in [3.63, 3.8) is 0 Å². The zero-order valence-corrected chi connectivity index (χ0v) is 13.2. The molecule has 0 aliphatic carbocycles.